The average molecular weight is 273 g/mol. The van der Waals surface area contributed by atoms with Gasteiger partial charge in [0.25, 0.3) is 0 Å². The summed E-state index contributed by atoms with van der Waals surface area (Å²) in [5, 5.41) is 0.894. The van der Waals surface area contributed by atoms with Crippen molar-refractivity contribution in [2.75, 3.05) is 5.73 Å². The molecule has 3 rings (SSSR count). The number of nitrogens with two attached hydrogens (primary N) is 1. The molecule has 2 aromatic heterocycles. The van der Waals surface area contributed by atoms with E-state index in [1.807, 2.05) is 19.1 Å². The molecule has 0 atom stereocenters. The van der Waals surface area contributed by atoms with Crippen molar-refractivity contribution in [2.45, 2.75) is 13.3 Å². The number of nitrogen functional groups attached to an aromatic ring is 1. The first kappa shape index (κ1) is 12.0. The van der Waals surface area contributed by atoms with Crippen LogP contribution in [0.2, 0.25) is 0 Å². The van der Waals surface area contributed by atoms with Gasteiger partial charge in [0.15, 0.2) is 0 Å². The molecule has 96 valence electrons. The summed E-state index contributed by atoms with van der Waals surface area (Å²) < 4.78 is 13.1. The molecule has 2 heterocycles. The van der Waals surface area contributed by atoms with E-state index in [2.05, 4.69) is 9.97 Å². The van der Waals surface area contributed by atoms with Crippen LogP contribution in [0.3, 0.4) is 0 Å². The number of thiophene rings is 1. The Hall–Kier alpha value is -2.01. The highest BCUT2D eigenvalue weighted by atomic mass is 32.1. The quantitative estimate of drug-likeness (QED) is 0.779. The Morgan fingerprint density at radius 3 is 2.89 bits per heavy atom. The van der Waals surface area contributed by atoms with Crippen LogP contribution < -0.4 is 5.73 Å². The van der Waals surface area contributed by atoms with Crippen molar-refractivity contribution in [1.82, 2.24) is 9.97 Å². The lowest BCUT2D eigenvalue weighted by atomic mass is 10.1. The van der Waals surface area contributed by atoms with Gasteiger partial charge < -0.3 is 5.73 Å². The van der Waals surface area contributed by atoms with Crippen molar-refractivity contribution in [2.24, 2.45) is 0 Å². The fraction of sp³-hybridized carbons (Fsp3) is 0.143. The SMILES string of the molecule is Cc1cc2c(N)nc(Cc3cccc(F)c3)nc2s1. The minimum Gasteiger partial charge on any atom is -0.383 e. The molecule has 0 bridgehead atoms. The number of hydrogen-bond donors (Lipinski definition) is 1. The van der Waals surface area contributed by atoms with Crippen LogP contribution in [-0.4, -0.2) is 9.97 Å². The molecule has 1 aromatic carbocycles. The third-order valence-electron chi connectivity index (χ3n) is 2.84. The van der Waals surface area contributed by atoms with Crippen LogP contribution in [0.5, 0.6) is 0 Å². The van der Waals surface area contributed by atoms with Gasteiger partial charge in [-0.15, -0.1) is 11.3 Å². The zero-order chi connectivity index (χ0) is 13.4. The van der Waals surface area contributed by atoms with Gasteiger partial charge in [0, 0.05) is 11.3 Å². The third-order valence-corrected chi connectivity index (χ3v) is 3.79. The van der Waals surface area contributed by atoms with Crippen molar-refractivity contribution in [3.63, 3.8) is 0 Å². The maximum absolute atomic E-state index is 13.1. The number of rotatable bonds is 2. The Kier molecular flexibility index (Phi) is 2.91. The summed E-state index contributed by atoms with van der Waals surface area (Å²) in [4.78, 5) is 10.8. The van der Waals surface area contributed by atoms with E-state index in [1.54, 1.807) is 17.4 Å². The first-order chi connectivity index (χ1) is 9.11. The minimum absolute atomic E-state index is 0.251. The normalized spacial score (nSPS) is 11.1. The molecular weight excluding hydrogens is 261 g/mol. The molecule has 0 fully saturated rings. The maximum atomic E-state index is 13.1. The molecule has 0 amide bonds. The molecule has 0 radical (unpaired) electrons. The van der Waals surface area contributed by atoms with E-state index in [0.29, 0.717) is 18.1 Å². The smallest absolute Gasteiger partial charge is 0.136 e. The van der Waals surface area contributed by atoms with Crippen LogP contribution in [0.4, 0.5) is 10.2 Å². The topological polar surface area (TPSA) is 51.8 Å². The lowest BCUT2D eigenvalue weighted by Gasteiger charge is -2.03. The lowest BCUT2D eigenvalue weighted by Crippen LogP contribution is -2.00. The summed E-state index contributed by atoms with van der Waals surface area (Å²) in [7, 11) is 0. The monoisotopic (exact) mass is 273 g/mol. The molecular formula is C14H12FN3S. The van der Waals surface area contributed by atoms with Crippen molar-refractivity contribution < 1.29 is 4.39 Å². The number of benzene rings is 1. The van der Waals surface area contributed by atoms with Crippen molar-refractivity contribution >= 4 is 27.4 Å². The second-order valence-electron chi connectivity index (χ2n) is 4.41. The molecule has 2 N–H and O–H groups in total. The molecule has 19 heavy (non-hydrogen) atoms. The Balaban J connectivity index is 2.01. The molecule has 0 spiro atoms. The first-order valence-corrected chi connectivity index (χ1v) is 6.70. The van der Waals surface area contributed by atoms with E-state index in [1.165, 1.54) is 12.1 Å². The minimum atomic E-state index is -0.251. The predicted molar refractivity (Wildman–Crippen MR) is 75.8 cm³/mol. The molecule has 3 nitrogen and oxygen atoms in total. The Morgan fingerprint density at radius 1 is 1.26 bits per heavy atom. The highest BCUT2D eigenvalue weighted by molar-refractivity contribution is 7.18. The Labute approximate surface area is 113 Å². The summed E-state index contributed by atoms with van der Waals surface area (Å²) in [6, 6.07) is 8.43. The lowest BCUT2D eigenvalue weighted by molar-refractivity contribution is 0.626. The highest BCUT2D eigenvalue weighted by Crippen LogP contribution is 2.27. The highest BCUT2D eigenvalue weighted by Gasteiger charge is 2.09. The van der Waals surface area contributed by atoms with Gasteiger partial charge in [-0.25, -0.2) is 14.4 Å². The van der Waals surface area contributed by atoms with Crippen LogP contribution in [0.15, 0.2) is 30.3 Å². The molecule has 3 aromatic rings. The molecule has 0 aliphatic carbocycles. The average Bonchev–Trinajstić information content (AvgIpc) is 2.70. The van der Waals surface area contributed by atoms with Gasteiger partial charge in [-0.3, -0.25) is 0 Å². The number of halogens is 1. The van der Waals surface area contributed by atoms with E-state index < -0.39 is 0 Å². The summed E-state index contributed by atoms with van der Waals surface area (Å²) in [6.45, 7) is 2.01. The van der Waals surface area contributed by atoms with Gasteiger partial charge >= 0.3 is 0 Å². The summed E-state index contributed by atoms with van der Waals surface area (Å²) in [6.07, 6.45) is 0.481. The van der Waals surface area contributed by atoms with Gasteiger partial charge in [-0.1, -0.05) is 12.1 Å². The maximum Gasteiger partial charge on any atom is 0.136 e. The van der Waals surface area contributed by atoms with Crippen LogP contribution in [0, 0.1) is 12.7 Å². The van der Waals surface area contributed by atoms with Crippen molar-refractivity contribution in [3.8, 4) is 0 Å². The standard InChI is InChI=1S/C14H12FN3S/c1-8-5-11-13(16)17-12(18-14(11)19-8)7-9-3-2-4-10(15)6-9/h2-6H,7H2,1H3,(H2,16,17,18). The van der Waals surface area contributed by atoms with Gasteiger partial charge in [0.2, 0.25) is 0 Å². The molecule has 0 saturated carbocycles. The number of anilines is 1. The van der Waals surface area contributed by atoms with E-state index in [-0.39, 0.29) is 5.82 Å². The predicted octanol–water partition coefficient (Wildman–Crippen LogP) is 3.31. The zero-order valence-electron chi connectivity index (χ0n) is 10.4. The van der Waals surface area contributed by atoms with E-state index in [9.17, 15) is 4.39 Å². The third kappa shape index (κ3) is 2.42. The number of aryl methyl sites for hydroxylation is 1. The second kappa shape index (κ2) is 4.59. The molecule has 0 aliphatic heterocycles. The van der Waals surface area contributed by atoms with Crippen LogP contribution in [0.1, 0.15) is 16.3 Å². The van der Waals surface area contributed by atoms with Crippen LogP contribution >= 0.6 is 11.3 Å². The fourth-order valence-electron chi connectivity index (χ4n) is 2.02. The molecule has 0 unspecified atom stereocenters. The number of fused-ring (bicyclic) bond motifs is 1. The van der Waals surface area contributed by atoms with Crippen molar-refractivity contribution in [1.29, 1.82) is 0 Å². The van der Waals surface area contributed by atoms with E-state index in [4.69, 9.17) is 5.73 Å². The summed E-state index contributed by atoms with van der Waals surface area (Å²) >= 11 is 1.59. The first-order valence-electron chi connectivity index (χ1n) is 5.89. The molecule has 0 aliphatic rings. The van der Waals surface area contributed by atoms with E-state index in [0.717, 1.165) is 20.7 Å². The van der Waals surface area contributed by atoms with Gasteiger partial charge in [0.05, 0.1) is 5.39 Å². The zero-order valence-corrected chi connectivity index (χ0v) is 11.2. The Morgan fingerprint density at radius 2 is 2.11 bits per heavy atom. The molecule has 5 heteroatoms. The molecule has 0 saturated heterocycles. The summed E-state index contributed by atoms with van der Waals surface area (Å²) in [5.41, 5.74) is 6.78. The van der Waals surface area contributed by atoms with Crippen LogP contribution in [0.25, 0.3) is 10.2 Å². The largest absolute Gasteiger partial charge is 0.383 e. The van der Waals surface area contributed by atoms with Gasteiger partial charge in [-0.05, 0) is 30.7 Å². The van der Waals surface area contributed by atoms with Crippen LogP contribution in [-0.2, 0) is 6.42 Å². The van der Waals surface area contributed by atoms with Gasteiger partial charge in [0.1, 0.15) is 22.3 Å². The number of nitrogens with zero attached hydrogens (tertiary/aromatic N) is 2. The summed E-state index contributed by atoms with van der Waals surface area (Å²) in [5.74, 6) is 0.858. The second-order valence-corrected chi connectivity index (χ2v) is 5.64. The van der Waals surface area contributed by atoms with Gasteiger partial charge in [-0.2, -0.15) is 0 Å². The number of hydrogen-bond acceptors (Lipinski definition) is 4. The van der Waals surface area contributed by atoms with Crippen molar-refractivity contribution in [3.05, 3.63) is 52.4 Å². The fourth-order valence-corrected chi connectivity index (χ4v) is 2.92. The number of aromatic nitrogens is 2. The Bertz CT molecular complexity index is 752. The van der Waals surface area contributed by atoms with E-state index >= 15 is 0 Å².